The fraction of sp³-hybridized carbons (Fsp3) is 0.795. The number of rotatable bonds is 5. The van der Waals surface area contributed by atoms with Gasteiger partial charge in [0.1, 0.15) is 7.11 Å². The van der Waals surface area contributed by atoms with E-state index in [-0.39, 0.29) is 11.1 Å². The summed E-state index contributed by atoms with van der Waals surface area (Å²) in [6.07, 6.45) is 17.7. The fourth-order valence-corrected chi connectivity index (χ4v) is 0.105. The highest BCUT2D eigenvalue weighted by atomic mass is 32.2. The number of allylic oxidation sites excluding steroid dienone is 2. The zero-order valence-electron chi connectivity index (χ0n) is 38.4. The second-order valence-electron chi connectivity index (χ2n) is 7.67. The van der Waals surface area contributed by atoms with Crippen LogP contribution in [0.3, 0.4) is 0 Å². The third-order valence-corrected chi connectivity index (χ3v) is 4.36. The maximum atomic E-state index is 9.78. The number of carbonyl (C=O) groups is 2. The van der Waals surface area contributed by atoms with Crippen molar-refractivity contribution < 1.29 is 23.9 Å². The number of hydrogen-bond donors (Lipinski definition) is 1. The summed E-state index contributed by atoms with van der Waals surface area (Å²) in [5.74, 6) is 6.35. The first-order valence-electron chi connectivity index (χ1n) is 17.3. The Morgan fingerprint density at radius 3 is 0.941 bits per heavy atom. The molecule has 0 aliphatic rings. The van der Waals surface area contributed by atoms with E-state index in [4.69, 9.17) is 4.91 Å². The SMILES string of the molecule is CC#CC.CC=CC.CC=NC.CC=NOC.CCC.CCCC.CCCC.CCOC.CCSC.CN.CN=O.COC(C)=O.CSC(C)=O. The van der Waals surface area contributed by atoms with Gasteiger partial charge in [0.05, 0.1) is 14.2 Å². The quantitative estimate of drug-likeness (QED) is 0.0720. The average molecular weight is 777 g/mol. The molecule has 0 unspecified atom stereocenters. The van der Waals surface area contributed by atoms with Gasteiger partial charge in [-0.2, -0.15) is 16.7 Å². The predicted octanol–water partition coefficient (Wildman–Crippen LogP) is 12.0. The Balaban J connectivity index is -0.0000000280. The highest BCUT2D eigenvalue weighted by Gasteiger charge is 1.77. The first-order valence-corrected chi connectivity index (χ1v) is 20.0. The zero-order chi connectivity index (χ0) is 44.0. The van der Waals surface area contributed by atoms with Crippen LogP contribution in [0.1, 0.15) is 143 Å². The average Bonchev–Trinajstić information content (AvgIpc) is 3.17. The minimum absolute atomic E-state index is 0.171. The number of hydrogen-bond acceptors (Lipinski definition) is 12. The van der Waals surface area contributed by atoms with Crippen LogP contribution in [0, 0.1) is 16.7 Å². The number of aliphatic imine (C=N–C) groups is 1. The summed E-state index contributed by atoms with van der Waals surface area (Å²) in [7, 11) is 8.99. The molecule has 0 amide bonds. The number of methoxy groups -OCH3 is 2. The van der Waals surface area contributed by atoms with Gasteiger partial charge in [-0.25, -0.2) is 0 Å². The molecule has 0 aromatic carbocycles. The highest BCUT2D eigenvalue weighted by Crippen LogP contribution is 1.88. The Hall–Kier alpha value is -2.20. The van der Waals surface area contributed by atoms with Crippen molar-refractivity contribution in [2.45, 2.75) is 143 Å². The minimum Gasteiger partial charge on any atom is -0.469 e. The molecule has 12 heteroatoms. The summed E-state index contributed by atoms with van der Waals surface area (Å²) >= 11 is 3.10. The van der Waals surface area contributed by atoms with Crippen molar-refractivity contribution in [1.82, 2.24) is 0 Å². The van der Waals surface area contributed by atoms with Gasteiger partial charge >= 0.3 is 5.97 Å². The number of oxime groups is 1. The van der Waals surface area contributed by atoms with Gasteiger partial charge < -0.3 is 25.0 Å². The van der Waals surface area contributed by atoms with Crippen molar-refractivity contribution in [2.24, 2.45) is 21.1 Å². The zero-order valence-corrected chi connectivity index (χ0v) is 40.1. The Bertz CT molecular complexity index is 538. The van der Waals surface area contributed by atoms with E-state index in [1.807, 2.05) is 65.5 Å². The molecule has 0 rings (SSSR count). The van der Waals surface area contributed by atoms with Gasteiger partial charge in [-0.05, 0) is 80.0 Å². The molecule has 51 heavy (non-hydrogen) atoms. The van der Waals surface area contributed by atoms with Crippen molar-refractivity contribution in [3.63, 3.8) is 0 Å². The number of carbonyl (C=O) groups excluding carboxylic acids is 2. The molecule has 0 heterocycles. The number of nitrogens with zero attached hydrogens (tertiary/aromatic N) is 3. The number of unbranched alkanes of at least 4 members (excludes halogenated alkanes) is 2. The molecule has 0 aliphatic heterocycles. The molecule has 0 saturated carbocycles. The normalized spacial score (nSPS) is 7.16. The van der Waals surface area contributed by atoms with Crippen LogP contribution in [0.25, 0.3) is 0 Å². The summed E-state index contributed by atoms with van der Waals surface area (Å²) in [5, 5.41) is 5.77. The molecule has 0 atom stereocenters. The molecule has 0 radical (unpaired) electrons. The van der Waals surface area contributed by atoms with E-state index in [9.17, 15) is 9.59 Å². The molecule has 0 aliphatic carbocycles. The molecule has 0 bridgehead atoms. The van der Waals surface area contributed by atoms with E-state index in [1.54, 1.807) is 46.7 Å². The van der Waals surface area contributed by atoms with Crippen LogP contribution in [0.4, 0.5) is 0 Å². The lowest BCUT2D eigenvalue weighted by molar-refractivity contribution is -0.137. The van der Waals surface area contributed by atoms with Gasteiger partial charge in [-0.3, -0.25) is 9.59 Å². The number of nitroso groups, excluding NO2 is 1. The van der Waals surface area contributed by atoms with Crippen LogP contribution in [0.2, 0.25) is 0 Å². The first-order chi connectivity index (χ1) is 24.2. The standard InChI is InChI=1S/2C4H10.C4H8.C4H6.C3H7NO.C3H7N.C3H6O2.C3H6OS.C3H8O.C3H8S.C3H8.CH3NO.CH5N/c4*1-3-4-2;1-3-4-5-2;1-3-4-2;2*1-3(4)5-2;2*1-3-4-2;1-3-2;1-2-3;1-2/h2*3-4H2,1-2H3;3-4H,1-2H3;1-2H3;3H,1-2H3;3H,1-2H3;2*1-2H3;2*3H2,1-2H3;3H2,1-2H3;1H3;2H2,1H3. The van der Waals surface area contributed by atoms with E-state index in [1.165, 1.54) is 84.9 Å². The monoisotopic (exact) mass is 777 g/mol. The van der Waals surface area contributed by atoms with Crippen LogP contribution in [-0.4, -0.2) is 90.9 Å². The summed E-state index contributed by atoms with van der Waals surface area (Å²) < 4.78 is 8.65. The predicted molar refractivity (Wildman–Crippen MR) is 243 cm³/mol. The van der Waals surface area contributed by atoms with E-state index in [0.29, 0.717) is 0 Å². The molecule has 10 nitrogen and oxygen atoms in total. The topological polar surface area (TPSA) is 142 Å². The van der Waals surface area contributed by atoms with Crippen molar-refractivity contribution >= 4 is 47.0 Å². The first kappa shape index (κ1) is 87.0. The number of nitrogens with two attached hydrogens (primary N) is 1. The summed E-state index contributed by atoms with van der Waals surface area (Å²) in [6, 6.07) is 0. The van der Waals surface area contributed by atoms with E-state index >= 15 is 0 Å². The molecular weight excluding hydrogens is 685 g/mol. The van der Waals surface area contributed by atoms with Crippen LogP contribution in [0.5, 0.6) is 0 Å². The van der Waals surface area contributed by atoms with Crippen molar-refractivity contribution in [3.8, 4) is 11.8 Å². The summed E-state index contributed by atoms with van der Waals surface area (Å²) in [4.78, 5) is 35.8. The Morgan fingerprint density at radius 1 is 0.725 bits per heavy atom. The van der Waals surface area contributed by atoms with Gasteiger partial charge in [0.25, 0.3) is 0 Å². The van der Waals surface area contributed by atoms with E-state index in [0.717, 1.165) is 6.61 Å². The van der Waals surface area contributed by atoms with Crippen molar-refractivity contribution in [3.05, 3.63) is 17.1 Å². The number of thioether (sulfide) groups is 2. The summed E-state index contributed by atoms with van der Waals surface area (Å²) in [5.41, 5.74) is 4.50. The maximum absolute atomic E-state index is 9.78. The van der Waals surface area contributed by atoms with Gasteiger partial charge in [0.2, 0.25) is 0 Å². The van der Waals surface area contributed by atoms with E-state index in [2.05, 4.69) is 102 Å². The molecular formula is C39H92N4O6S2. The molecule has 0 spiro atoms. The van der Waals surface area contributed by atoms with Gasteiger partial charge in [0.15, 0.2) is 5.12 Å². The lowest BCUT2D eigenvalue weighted by Crippen LogP contribution is -1.88. The van der Waals surface area contributed by atoms with Gasteiger partial charge in [-0.15, -0.1) is 17.0 Å². The van der Waals surface area contributed by atoms with Crippen molar-refractivity contribution in [1.29, 1.82) is 0 Å². The summed E-state index contributed by atoms with van der Waals surface area (Å²) in [6.45, 7) is 32.1. The Labute approximate surface area is 330 Å². The second kappa shape index (κ2) is 170. The minimum atomic E-state index is -0.245. The molecule has 0 aromatic rings. The molecule has 0 aromatic heterocycles. The van der Waals surface area contributed by atoms with Crippen LogP contribution in [0.15, 0.2) is 27.5 Å². The van der Waals surface area contributed by atoms with Crippen LogP contribution < -0.4 is 5.73 Å². The number of esters is 1. The maximum Gasteiger partial charge on any atom is 0.302 e. The molecule has 0 fully saturated rings. The molecule has 0 saturated heterocycles. The van der Waals surface area contributed by atoms with Crippen LogP contribution in [-0.2, 0) is 23.9 Å². The fourth-order valence-electron chi connectivity index (χ4n) is 0.105. The van der Waals surface area contributed by atoms with E-state index < -0.39 is 0 Å². The lowest BCUT2D eigenvalue weighted by atomic mass is 10.4. The molecule has 2 N–H and O–H groups in total. The van der Waals surface area contributed by atoms with Gasteiger partial charge in [-0.1, -0.05) is 110 Å². The smallest absolute Gasteiger partial charge is 0.302 e. The Morgan fingerprint density at radius 2 is 0.941 bits per heavy atom. The Kier molecular flexibility index (Phi) is 290. The van der Waals surface area contributed by atoms with Gasteiger partial charge in [0, 0.05) is 40.8 Å². The third-order valence-electron chi connectivity index (χ3n) is 3.20. The van der Waals surface area contributed by atoms with Crippen molar-refractivity contribution in [2.75, 3.05) is 67.3 Å². The second-order valence-corrected chi connectivity index (χ2v) is 9.80. The molecule has 316 valence electrons. The third kappa shape index (κ3) is 860. The largest absolute Gasteiger partial charge is 0.469 e. The number of ether oxygens (including phenoxy) is 2. The lowest BCUT2D eigenvalue weighted by Gasteiger charge is -1.80. The van der Waals surface area contributed by atoms with Crippen LogP contribution >= 0.6 is 23.5 Å². The highest BCUT2D eigenvalue weighted by molar-refractivity contribution is 8.12.